The smallest absolute Gasteiger partial charge is 0.290 e. The molecule has 0 saturated carbocycles. The second kappa shape index (κ2) is 8.24. The monoisotopic (exact) mass is 397 g/mol. The minimum atomic E-state index is -0.269. The highest BCUT2D eigenvalue weighted by molar-refractivity contribution is 6.05. The zero-order valence-corrected chi connectivity index (χ0v) is 17.0. The van der Waals surface area contributed by atoms with Gasteiger partial charge in [0.1, 0.15) is 0 Å². The Kier molecular flexibility index (Phi) is 5.53. The molecule has 0 aliphatic carbocycles. The number of anilines is 2. The molecule has 3 heterocycles. The summed E-state index contributed by atoms with van der Waals surface area (Å²) >= 11 is 0. The fourth-order valence-electron chi connectivity index (χ4n) is 3.83. The summed E-state index contributed by atoms with van der Waals surface area (Å²) in [6.07, 6.45) is 2.74. The maximum atomic E-state index is 13.0. The van der Waals surface area contributed by atoms with E-state index in [-0.39, 0.29) is 11.8 Å². The number of fused-ring (bicyclic) bond motifs is 1. The summed E-state index contributed by atoms with van der Waals surface area (Å²) in [7, 11) is 3.94. The standard InChI is InChI=1S/C21H27N5O3/c1-24(2)16-8-6-15(7-9-16)22-20(27)18-17-5-3-4-10-26(17)19(23-18)21(28)25-11-13-29-14-12-25/h6-9H,3-5,10-14H2,1-2H3,(H,22,27). The number of morpholine rings is 1. The number of carbonyl (C=O) groups excluding carboxylic acids is 2. The third-order valence-corrected chi connectivity index (χ3v) is 5.46. The van der Waals surface area contributed by atoms with E-state index in [0.717, 1.165) is 37.2 Å². The summed E-state index contributed by atoms with van der Waals surface area (Å²) in [5.74, 6) is -0.0187. The number of rotatable bonds is 4. The molecule has 2 amide bonds. The summed E-state index contributed by atoms with van der Waals surface area (Å²) in [6, 6.07) is 7.64. The third-order valence-electron chi connectivity index (χ3n) is 5.46. The van der Waals surface area contributed by atoms with Crippen LogP contribution >= 0.6 is 0 Å². The molecule has 1 aromatic heterocycles. The number of benzene rings is 1. The number of hydrogen-bond acceptors (Lipinski definition) is 5. The second-order valence-electron chi connectivity index (χ2n) is 7.64. The Labute approximate surface area is 170 Å². The zero-order chi connectivity index (χ0) is 20.4. The van der Waals surface area contributed by atoms with Gasteiger partial charge in [0, 0.05) is 45.1 Å². The molecule has 0 atom stereocenters. The topological polar surface area (TPSA) is 79.7 Å². The first-order chi connectivity index (χ1) is 14.0. The van der Waals surface area contributed by atoms with Crippen LogP contribution in [0.2, 0.25) is 0 Å². The van der Waals surface area contributed by atoms with Crippen LogP contribution < -0.4 is 10.2 Å². The van der Waals surface area contributed by atoms with Gasteiger partial charge in [-0.15, -0.1) is 0 Å². The highest BCUT2D eigenvalue weighted by Crippen LogP contribution is 2.24. The van der Waals surface area contributed by atoms with E-state index >= 15 is 0 Å². The van der Waals surface area contributed by atoms with Gasteiger partial charge in [-0.2, -0.15) is 0 Å². The molecule has 2 aliphatic rings. The number of ether oxygens (including phenoxy) is 1. The third kappa shape index (κ3) is 3.98. The molecule has 8 nitrogen and oxygen atoms in total. The molecule has 2 aromatic rings. The Bertz CT molecular complexity index is 898. The first kappa shape index (κ1) is 19.4. The molecule has 0 radical (unpaired) electrons. The average Bonchev–Trinajstić information content (AvgIpc) is 3.14. The van der Waals surface area contributed by atoms with Gasteiger partial charge in [0.25, 0.3) is 11.8 Å². The lowest BCUT2D eigenvalue weighted by Gasteiger charge is -2.27. The summed E-state index contributed by atoms with van der Waals surface area (Å²) in [6.45, 7) is 2.91. The summed E-state index contributed by atoms with van der Waals surface area (Å²) in [5.41, 5.74) is 2.98. The Balaban J connectivity index is 1.58. The van der Waals surface area contributed by atoms with Crippen molar-refractivity contribution in [1.29, 1.82) is 0 Å². The Morgan fingerprint density at radius 1 is 1.07 bits per heavy atom. The van der Waals surface area contributed by atoms with Crippen molar-refractivity contribution in [3.05, 3.63) is 41.5 Å². The number of imidazole rings is 1. The fraction of sp³-hybridized carbons (Fsp3) is 0.476. The van der Waals surface area contributed by atoms with Crippen molar-refractivity contribution in [3.63, 3.8) is 0 Å². The van der Waals surface area contributed by atoms with E-state index in [1.54, 1.807) is 4.90 Å². The first-order valence-electron chi connectivity index (χ1n) is 10.1. The zero-order valence-electron chi connectivity index (χ0n) is 17.0. The fourth-order valence-corrected chi connectivity index (χ4v) is 3.83. The first-order valence-corrected chi connectivity index (χ1v) is 10.1. The number of carbonyl (C=O) groups is 2. The van der Waals surface area contributed by atoms with Crippen molar-refractivity contribution in [3.8, 4) is 0 Å². The lowest BCUT2D eigenvalue weighted by Crippen LogP contribution is -2.42. The van der Waals surface area contributed by atoms with Crippen molar-refractivity contribution >= 4 is 23.2 Å². The molecule has 2 aliphatic heterocycles. The van der Waals surface area contributed by atoms with Crippen LogP contribution in [0.5, 0.6) is 0 Å². The number of nitrogens with zero attached hydrogens (tertiary/aromatic N) is 4. The van der Waals surface area contributed by atoms with Gasteiger partial charge in [0.2, 0.25) is 0 Å². The molecule has 29 heavy (non-hydrogen) atoms. The molecule has 1 fully saturated rings. The number of aromatic nitrogens is 2. The van der Waals surface area contributed by atoms with E-state index in [0.29, 0.717) is 43.5 Å². The van der Waals surface area contributed by atoms with Gasteiger partial charge in [-0.3, -0.25) is 9.59 Å². The largest absolute Gasteiger partial charge is 0.378 e. The SMILES string of the molecule is CN(C)c1ccc(NC(=O)c2nc(C(=O)N3CCOCC3)n3c2CCCC3)cc1. The molecular weight excluding hydrogens is 370 g/mol. The van der Waals surface area contributed by atoms with Gasteiger partial charge in [-0.05, 0) is 43.5 Å². The van der Waals surface area contributed by atoms with Crippen LogP contribution in [0.3, 0.4) is 0 Å². The van der Waals surface area contributed by atoms with Gasteiger partial charge in [0.15, 0.2) is 11.5 Å². The molecule has 8 heteroatoms. The van der Waals surface area contributed by atoms with E-state index in [1.165, 1.54) is 0 Å². The van der Waals surface area contributed by atoms with Crippen LogP contribution in [-0.4, -0.2) is 66.7 Å². The normalized spacial score (nSPS) is 16.3. The summed E-state index contributed by atoms with van der Waals surface area (Å²) in [5, 5.41) is 2.93. The molecule has 0 spiro atoms. The molecule has 4 rings (SSSR count). The molecule has 1 saturated heterocycles. The van der Waals surface area contributed by atoms with Crippen molar-refractivity contribution in [2.75, 3.05) is 50.6 Å². The maximum Gasteiger partial charge on any atom is 0.290 e. The highest BCUT2D eigenvalue weighted by atomic mass is 16.5. The molecule has 1 aromatic carbocycles. The molecule has 0 bridgehead atoms. The summed E-state index contributed by atoms with van der Waals surface area (Å²) in [4.78, 5) is 34.3. The van der Waals surface area contributed by atoms with Crippen LogP contribution in [0.15, 0.2) is 24.3 Å². The van der Waals surface area contributed by atoms with E-state index < -0.39 is 0 Å². The van der Waals surface area contributed by atoms with Gasteiger partial charge >= 0.3 is 0 Å². The molecule has 0 unspecified atom stereocenters. The highest BCUT2D eigenvalue weighted by Gasteiger charge is 2.30. The molecule has 154 valence electrons. The van der Waals surface area contributed by atoms with Crippen molar-refractivity contribution in [2.24, 2.45) is 0 Å². The second-order valence-corrected chi connectivity index (χ2v) is 7.64. The van der Waals surface area contributed by atoms with E-state index in [1.807, 2.05) is 47.8 Å². The number of hydrogen-bond donors (Lipinski definition) is 1. The Hall–Kier alpha value is -2.87. The van der Waals surface area contributed by atoms with Crippen LogP contribution in [0.25, 0.3) is 0 Å². The Morgan fingerprint density at radius 2 is 1.79 bits per heavy atom. The van der Waals surface area contributed by atoms with Crippen LogP contribution in [0.4, 0.5) is 11.4 Å². The van der Waals surface area contributed by atoms with Crippen molar-refractivity contribution < 1.29 is 14.3 Å². The minimum absolute atomic E-state index is 0.120. The average molecular weight is 397 g/mol. The minimum Gasteiger partial charge on any atom is -0.378 e. The summed E-state index contributed by atoms with van der Waals surface area (Å²) < 4.78 is 7.28. The maximum absolute atomic E-state index is 13.0. The van der Waals surface area contributed by atoms with E-state index in [4.69, 9.17) is 4.74 Å². The number of amides is 2. The number of nitrogens with one attached hydrogen (secondary N) is 1. The van der Waals surface area contributed by atoms with Crippen LogP contribution in [0, 0.1) is 0 Å². The van der Waals surface area contributed by atoms with Gasteiger partial charge < -0.3 is 24.4 Å². The van der Waals surface area contributed by atoms with Crippen molar-refractivity contribution in [2.45, 2.75) is 25.8 Å². The van der Waals surface area contributed by atoms with Crippen LogP contribution in [0.1, 0.15) is 39.6 Å². The van der Waals surface area contributed by atoms with E-state index in [9.17, 15) is 9.59 Å². The van der Waals surface area contributed by atoms with Crippen molar-refractivity contribution in [1.82, 2.24) is 14.5 Å². The lowest BCUT2D eigenvalue weighted by molar-refractivity contribution is 0.0291. The lowest BCUT2D eigenvalue weighted by atomic mass is 10.1. The molecule has 1 N–H and O–H groups in total. The predicted molar refractivity (Wildman–Crippen MR) is 111 cm³/mol. The predicted octanol–water partition coefficient (Wildman–Crippen LogP) is 2.01. The molecular formula is C21H27N5O3. The quantitative estimate of drug-likeness (QED) is 0.854. The van der Waals surface area contributed by atoms with Crippen LogP contribution in [-0.2, 0) is 17.7 Å². The van der Waals surface area contributed by atoms with Gasteiger partial charge in [0.05, 0.1) is 18.9 Å². The van der Waals surface area contributed by atoms with Gasteiger partial charge in [-0.1, -0.05) is 0 Å². The van der Waals surface area contributed by atoms with Gasteiger partial charge in [-0.25, -0.2) is 4.98 Å². The van der Waals surface area contributed by atoms with E-state index in [2.05, 4.69) is 10.3 Å². The Morgan fingerprint density at radius 3 is 2.48 bits per heavy atom.